The molecule has 130 valence electrons. The van der Waals surface area contributed by atoms with E-state index in [0.29, 0.717) is 12.3 Å². The van der Waals surface area contributed by atoms with Crippen LogP contribution in [0.1, 0.15) is 29.2 Å². The number of carbonyl (C=O) groups excluding carboxylic acids is 1. The van der Waals surface area contributed by atoms with Crippen molar-refractivity contribution < 1.29 is 9.53 Å². The number of hydrogen-bond acceptors (Lipinski definition) is 3. The van der Waals surface area contributed by atoms with E-state index in [1.54, 1.807) is 18.4 Å². The highest BCUT2D eigenvalue weighted by Crippen LogP contribution is 2.34. The number of nitrogens with zero attached hydrogens (tertiary/aromatic N) is 1. The van der Waals surface area contributed by atoms with Crippen molar-refractivity contribution in [1.29, 1.82) is 0 Å². The zero-order valence-electron chi connectivity index (χ0n) is 14.3. The van der Waals surface area contributed by atoms with Crippen LogP contribution in [-0.4, -0.2) is 36.0 Å². The minimum Gasteiger partial charge on any atom is -0.497 e. The topological polar surface area (TPSA) is 45.3 Å². The molecule has 0 spiro atoms. The number of methoxy groups -OCH3 is 1. The van der Waals surface area contributed by atoms with E-state index >= 15 is 0 Å². The first kappa shape index (κ1) is 16.2. The molecule has 0 aliphatic carbocycles. The average molecular weight is 354 g/mol. The monoisotopic (exact) mass is 354 g/mol. The first-order valence-corrected chi connectivity index (χ1v) is 9.58. The summed E-state index contributed by atoms with van der Waals surface area (Å²) in [5.41, 5.74) is 2.49. The molecule has 3 heterocycles. The van der Waals surface area contributed by atoms with Crippen molar-refractivity contribution in [3.63, 3.8) is 0 Å². The Balaban J connectivity index is 1.44. The van der Waals surface area contributed by atoms with Crippen LogP contribution in [0.3, 0.4) is 0 Å². The van der Waals surface area contributed by atoms with Crippen molar-refractivity contribution in [3.05, 3.63) is 52.3 Å². The molecule has 1 aromatic carbocycles. The fourth-order valence-corrected chi connectivity index (χ4v) is 4.40. The van der Waals surface area contributed by atoms with Gasteiger partial charge in [-0.1, -0.05) is 6.07 Å². The lowest BCUT2D eigenvalue weighted by Crippen LogP contribution is -2.38. The van der Waals surface area contributed by atoms with Gasteiger partial charge in [-0.25, -0.2) is 0 Å². The Hall–Kier alpha value is -2.27. The first-order chi connectivity index (χ1) is 12.2. The van der Waals surface area contributed by atoms with Gasteiger partial charge < -0.3 is 14.6 Å². The summed E-state index contributed by atoms with van der Waals surface area (Å²) < 4.78 is 5.37. The summed E-state index contributed by atoms with van der Waals surface area (Å²) in [6.45, 7) is 1.68. The Bertz CT molecular complexity index is 861. The van der Waals surface area contributed by atoms with Crippen LogP contribution in [0.4, 0.5) is 0 Å². The molecule has 5 heteroatoms. The van der Waals surface area contributed by atoms with E-state index in [1.165, 1.54) is 10.9 Å². The molecule has 0 radical (unpaired) electrons. The number of fused-ring (bicyclic) bond motifs is 1. The number of likely N-dealkylation sites (tertiary alicyclic amines) is 1. The first-order valence-electron chi connectivity index (χ1n) is 8.70. The maximum atomic E-state index is 12.5. The second-order valence-corrected chi connectivity index (χ2v) is 7.60. The summed E-state index contributed by atoms with van der Waals surface area (Å²) in [5, 5.41) is 3.27. The van der Waals surface area contributed by atoms with Crippen molar-refractivity contribution in [1.82, 2.24) is 9.88 Å². The minimum atomic E-state index is 0.251. The van der Waals surface area contributed by atoms with Gasteiger partial charge in [-0.05, 0) is 54.0 Å². The quantitative estimate of drug-likeness (QED) is 0.764. The third-order valence-corrected chi connectivity index (χ3v) is 5.99. The smallest absolute Gasteiger partial charge is 0.227 e. The third kappa shape index (κ3) is 3.29. The van der Waals surface area contributed by atoms with Crippen LogP contribution in [0.25, 0.3) is 10.9 Å². The van der Waals surface area contributed by atoms with Gasteiger partial charge in [-0.15, -0.1) is 11.3 Å². The van der Waals surface area contributed by atoms with Crippen LogP contribution >= 0.6 is 11.3 Å². The van der Waals surface area contributed by atoms with E-state index < -0.39 is 0 Å². The van der Waals surface area contributed by atoms with Gasteiger partial charge in [0.05, 0.1) is 13.5 Å². The van der Waals surface area contributed by atoms with E-state index in [1.807, 2.05) is 28.5 Å². The molecule has 4 rings (SSSR count). The summed E-state index contributed by atoms with van der Waals surface area (Å²) in [4.78, 5) is 19.0. The molecule has 3 aromatic rings. The fourth-order valence-electron chi connectivity index (χ4n) is 3.70. The average Bonchev–Trinajstić information content (AvgIpc) is 3.30. The second-order valence-electron chi connectivity index (χ2n) is 6.57. The van der Waals surface area contributed by atoms with Gasteiger partial charge in [0.2, 0.25) is 5.91 Å². The molecule has 25 heavy (non-hydrogen) atoms. The second kappa shape index (κ2) is 6.92. The fraction of sp³-hybridized carbons (Fsp3) is 0.350. The molecule has 1 saturated heterocycles. The highest BCUT2D eigenvalue weighted by molar-refractivity contribution is 7.10. The lowest BCUT2D eigenvalue weighted by molar-refractivity contribution is -0.131. The summed E-state index contributed by atoms with van der Waals surface area (Å²) in [6, 6.07) is 10.2. The number of thiophene rings is 1. The van der Waals surface area contributed by atoms with Gasteiger partial charge in [0.25, 0.3) is 0 Å². The van der Waals surface area contributed by atoms with Crippen molar-refractivity contribution in [2.45, 2.75) is 25.2 Å². The van der Waals surface area contributed by atoms with Crippen molar-refractivity contribution in [2.24, 2.45) is 0 Å². The van der Waals surface area contributed by atoms with Crippen LogP contribution in [0.2, 0.25) is 0 Å². The van der Waals surface area contributed by atoms with E-state index in [0.717, 1.165) is 42.1 Å². The lowest BCUT2D eigenvalue weighted by Gasteiger charge is -2.32. The van der Waals surface area contributed by atoms with Gasteiger partial charge in [-0.2, -0.15) is 0 Å². The maximum Gasteiger partial charge on any atom is 0.227 e. The molecule has 0 unspecified atom stereocenters. The Morgan fingerprint density at radius 3 is 2.88 bits per heavy atom. The Labute approximate surface area is 151 Å². The van der Waals surface area contributed by atoms with E-state index in [2.05, 4.69) is 23.3 Å². The lowest BCUT2D eigenvalue weighted by atomic mass is 9.89. The number of aromatic amines is 1. The normalized spacial score (nSPS) is 15.6. The number of nitrogens with one attached hydrogen (secondary N) is 1. The molecule has 0 saturated carbocycles. The molecular weight excluding hydrogens is 332 g/mol. The van der Waals surface area contributed by atoms with Gasteiger partial charge in [0.1, 0.15) is 5.75 Å². The van der Waals surface area contributed by atoms with E-state index in [4.69, 9.17) is 4.74 Å². The molecule has 2 aromatic heterocycles. The van der Waals surface area contributed by atoms with Gasteiger partial charge in [0, 0.05) is 35.1 Å². The number of benzene rings is 1. The number of rotatable bonds is 4. The predicted octanol–water partition coefficient (Wildman–Crippen LogP) is 4.19. The summed E-state index contributed by atoms with van der Waals surface area (Å²) in [5.74, 6) is 1.63. The Kier molecular flexibility index (Phi) is 4.49. The summed E-state index contributed by atoms with van der Waals surface area (Å²) >= 11 is 1.66. The standard InChI is InChI=1S/C20H22N2O2S/c1-24-15-4-5-19-17(11-15)18(13-21-19)14-6-8-22(9-7-14)20(23)12-16-3-2-10-25-16/h2-5,10-11,13-14,21H,6-9,12H2,1H3. The number of hydrogen-bond donors (Lipinski definition) is 1. The molecule has 1 aliphatic heterocycles. The van der Waals surface area contributed by atoms with E-state index in [9.17, 15) is 4.79 Å². The van der Waals surface area contributed by atoms with Crippen molar-refractivity contribution in [2.75, 3.05) is 20.2 Å². The summed E-state index contributed by atoms with van der Waals surface area (Å²) in [7, 11) is 1.70. The van der Waals surface area contributed by atoms with Gasteiger partial charge in [-0.3, -0.25) is 4.79 Å². The maximum absolute atomic E-state index is 12.5. The highest BCUT2D eigenvalue weighted by atomic mass is 32.1. The number of H-pyrrole nitrogens is 1. The molecule has 1 aliphatic rings. The van der Waals surface area contributed by atoms with Crippen molar-refractivity contribution >= 4 is 28.1 Å². The number of ether oxygens (including phenoxy) is 1. The Morgan fingerprint density at radius 2 is 2.16 bits per heavy atom. The molecule has 1 amide bonds. The largest absolute Gasteiger partial charge is 0.497 e. The zero-order chi connectivity index (χ0) is 17.2. The van der Waals surface area contributed by atoms with Gasteiger partial charge in [0.15, 0.2) is 0 Å². The molecule has 1 fully saturated rings. The van der Waals surface area contributed by atoms with Crippen LogP contribution in [0.15, 0.2) is 41.9 Å². The van der Waals surface area contributed by atoms with Crippen LogP contribution in [0, 0.1) is 0 Å². The predicted molar refractivity (Wildman–Crippen MR) is 101 cm³/mol. The zero-order valence-corrected chi connectivity index (χ0v) is 15.1. The third-order valence-electron chi connectivity index (χ3n) is 5.11. The van der Waals surface area contributed by atoms with Crippen LogP contribution in [0.5, 0.6) is 5.75 Å². The van der Waals surface area contributed by atoms with Crippen molar-refractivity contribution in [3.8, 4) is 5.75 Å². The molecule has 1 N–H and O–H groups in total. The summed E-state index contributed by atoms with van der Waals surface area (Å²) in [6.07, 6.45) is 4.69. The molecule has 4 nitrogen and oxygen atoms in total. The Morgan fingerprint density at radius 1 is 1.32 bits per heavy atom. The van der Waals surface area contributed by atoms with E-state index in [-0.39, 0.29) is 5.91 Å². The van der Waals surface area contributed by atoms with Gasteiger partial charge >= 0.3 is 0 Å². The number of carbonyl (C=O) groups is 1. The number of aromatic nitrogens is 1. The molecule has 0 bridgehead atoms. The SMILES string of the molecule is COc1ccc2[nH]cc(C3CCN(C(=O)Cc4cccs4)CC3)c2c1. The minimum absolute atomic E-state index is 0.251. The number of amides is 1. The molecular formula is C20H22N2O2S. The highest BCUT2D eigenvalue weighted by Gasteiger charge is 2.25. The van der Waals surface area contributed by atoms with Crippen LogP contribution in [-0.2, 0) is 11.2 Å². The van der Waals surface area contributed by atoms with Crippen LogP contribution < -0.4 is 4.74 Å². The number of piperidine rings is 1. The molecule has 0 atom stereocenters.